The maximum Gasteiger partial charge on any atom is 0.424 e. The fraction of sp³-hybridized carbons (Fsp3) is 0.467. The van der Waals surface area contributed by atoms with Crippen LogP contribution >= 0.6 is 0 Å². The predicted molar refractivity (Wildman–Crippen MR) is 81.3 cm³/mol. The van der Waals surface area contributed by atoms with Crippen LogP contribution < -0.4 is 0 Å². The van der Waals surface area contributed by atoms with E-state index in [1.807, 2.05) is 13.8 Å². The van der Waals surface area contributed by atoms with E-state index < -0.39 is 28.1 Å². The lowest BCUT2D eigenvalue weighted by Gasteiger charge is -2.20. The van der Waals surface area contributed by atoms with Crippen molar-refractivity contribution in [2.24, 2.45) is 0 Å². The number of benzene rings is 1. The van der Waals surface area contributed by atoms with Crippen molar-refractivity contribution in [1.29, 1.82) is 0 Å². The predicted octanol–water partition coefficient (Wildman–Crippen LogP) is 1.88. The summed E-state index contributed by atoms with van der Waals surface area (Å²) in [6.07, 6.45) is -1.07. The first-order chi connectivity index (χ1) is 10.8. The fourth-order valence-electron chi connectivity index (χ4n) is 2.21. The molecule has 0 N–H and O–H groups in total. The molecule has 1 aromatic rings. The van der Waals surface area contributed by atoms with Gasteiger partial charge in [-0.1, -0.05) is 26.0 Å². The Balaban J connectivity index is 2.36. The van der Waals surface area contributed by atoms with Crippen molar-refractivity contribution in [3.05, 3.63) is 29.8 Å². The first-order valence-corrected chi connectivity index (χ1v) is 8.70. The van der Waals surface area contributed by atoms with Crippen LogP contribution in [-0.2, 0) is 24.3 Å². The molecule has 0 bridgehead atoms. The fourth-order valence-corrected chi connectivity index (χ4v) is 3.65. The SMILES string of the molecule is CCOC(=O)[C@@H]1COC(=O)N1S(=O)(=O)c1ccc(C(C)C)cc1. The van der Waals surface area contributed by atoms with Gasteiger partial charge in [-0.05, 0) is 30.5 Å². The van der Waals surface area contributed by atoms with Gasteiger partial charge in [-0.3, -0.25) is 0 Å². The van der Waals surface area contributed by atoms with Crippen LogP contribution in [-0.4, -0.2) is 44.0 Å². The molecule has 1 saturated heterocycles. The van der Waals surface area contributed by atoms with Crippen LogP contribution in [0.1, 0.15) is 32.3 Å². The Morgan fingerprint density at radius 3 is 2.48 bits per heavy atom. The van der Waals surface area contributed by atoms with E-state index in [1.54, 1.807) is 19.1 Å². The summed E-state index contributed by atoms with van der Waals surface area (Å²) in [4.78, 5) is 23.6. The number of cyclic esters (lactones) is 1. The molecule has 126 valence electrons. The smallest absolute Gasteiger partial charge is 0.424 e. The van der Waals surface area contributed by atoms with Crippen molar-refractivity contribution in [3.8, 4) is 0 Å². The van der Waals surface area contributed by atoms with E-state index in [-0.39, 0.29) is 24.0 Å². The Morgan fingerprint density at radius 2 is 1.96 bits per heavy atom. The molecule has 1 aliphatic rings. The summed E-state index contributed by atoms with van der Waals surface area (Å²) in [6, 6.07) is 4.89. The average Bonchev–Trinajstić information content (AvgIpc) is 2.90. The van der Waals surface area contributed by atoms with Gasteiger partial charge >= 0.3 is 12.1 Å². The molecular weight excluding hydrogens is 322 g/mol. The monoisotopic (exact) mass is 341 g/mol. The van der Waals surface area contributed by atoms with Crippen LogP contribution in [0.25, 0.3) is 0 Å². The highest BCUT2D eigenvalue weighted by atomic mass is 32.2. The van der Waals surface area contributed by atoms with Gasteiger partial charge in [0.25, 0.3) is 10.0 Å². The Labute approximate surface area is 135 Å². The Morgan fingerprint density at radius 1 is 1.35 bits per heavy atom. The zero-order valence-electron chi connectivity index (χ0n) is 13.2. The summed E-state index contributed by atoms with van der Waals surface area (Å²) in [5.74, 6) is -0.559. The maximum atomic E-state index is 12.7. The van der Waals surface area contributed by atoms with E-state index in [9.17, 15) is 18.0 Å². The van der Waals surface area contributed by atoms with Crippen LogP contribution in [0.15, 0.2) is 29.2 Å². The van der Waals surface area contributed by atoms with Crippen LogP contribution in [0, 0.1) is 0 Å². The van der Waals surface area contributed by atoms with Gasteiger partial charge in [0, 0.05) is 0 Å². The summed E-state index contributed by atoms with van der Waals surface area (Å²) < 4.78 is 35.3. The molecule has 0 aliphatic carbocycles. The quantitative estimate of drug-likeness (QED) is 0.760. The summed E-state index contributed by atoms with van der Waals surface area (Å²) in [6.45, 7) is 5.30. The van der Waals surface area contributed by atoms with Crippen molar-refractivity contribution in [3.63, 3.8) is 0 Å². The lowest BCUT2D eigenvalue weighted by atomic mass is 10.0. The molecule has 1 aromatic carbocycles. The second-order valence-electron chi connectivity index (χ2n) is 5.37. The largest absolute Gasteiger partial charge is 0.464 e. The molecule has 1 aliphatic heterocycles. The summed E-state index contributed by atoms with van der Waals surface area (Å²) in [7, 11) is -4.18. The summed E-state index contributed by atoms with van der Waals surface area (Å²) in [5.41, 5.74) is 0.967. The molecule has 1 heterocycles. The zero-order chi connectivity index (χ0) is 17.2. The molecule has 1 atom stereocenters. The van der Waals surface area contributed by atoms with Crippen molar-refractivity contribution in [1.82, 2.24) is 4.31 Å². The lowest BCUT2D eigenvalue weighted by molar-refractivity contribution is -0.146. The third-order valence-electron chi connectivity index (χ3n) is 3.49. The number of esters is 1. The van der Waals surface area contributed by atoms with Gasteiger partial charge in [0.05, 0.1) is 11.5 Å². The van der Waals surface area contributed by atoms with Crippen molar-refractivity contribution in [2.75, 3.05) is 13.2 Å². The summed E-state index contributed by atoms with van der Waals surface area (Å²) >= 11 is 0. The topological polar surface area (TPSA) is 90.0 Å². The molecule has 7 nitrogen and oxygen atoms in total. The number of hydrogen-bond acceptors (Lipinski definition) is 6. The molecule has 1 amide bonds. The molecular formula is C15H19NO6S. The molecule has 8 heteroatoms. The Kier molecular flexibility index (Phi) is 4.93. The number of amides is 1. The number of ether oxygens (including phenoxy) is 2. The summed E-state index contributed by atoms with van der Waals surface area (Å²) in [5, 5.41) is 0. The third kappa shape index (κ3) is 3.31. The number of carbonyl (C=O) groups is 2. The van der Waals surface area contributed by atoms with E-state index >= 15 is 0 Å². The number of sulfonamides is 1. The number of carbonyl (C=O) groups excluding carboxylic acids is 2. The normalized spacial score (nSPS) is 18.2. The standard InChI is InChI=1S/C15H19NO6S/c1-4-21-14(17)13-9-22-15(18)16(13)23(19,20)12-7-5-11(6-8-12)10(2)3/h5-8,10,13H,4,9H2,1-3H3/t13-/m0/s1. The number of hydrogen-bond donors (Lipinski definition) is 0. The van der Waals surface area contributed by atoms with E-state index in [4.69, 9.17) is 9.47 Å². The molecule has 0 radical (unpaired) electrons. The van der Waals surface area contributed by atoms with Crippen molar-refractivity contribution >= 4 is 22.1 Å². The highest BCUT2D eigenvalue weighted by molar-refractivity contribution is 7.89. The minimum absolute atomic E-state index is 0.0740. The van der Waals surface area contributed by atoms with E-state index in [1.165, 1.54) is 12.1 Å². The molecule has 0 aromatic heterocycles. The van der Waals surface area contributed by atoms with Crippen LogP contribution in [0.5, 0.6) is 0 Å². The highest BCUT2D eigenvalue weighted by Crippen LogP contribution is 2.26. The van der Waals surface area contributed by atoms with Gasteiger partial charge in [0.1, 0.15) is 6.61 Å². The Hall–Kier alpha value is -2.09. The van der Waals surface area contributed by atoms with Crippen molar-refractivity contribution < 1.29 is 27.5 Å². The minimum Gasteiger partial charge on any atom is -0.464 e. The third-order valence-corrected chi connectivity index (χ3v) is 5.28. The maximum absolute atomic E-state index is 12.7. The van der Waals surface area contributed by atoms with E-state index in [0.29, 0.717) is 4.31 Å². The van der Waals surface area contributed by atoms with Gasteiger partial charge in [0.2, 0.25) is 0 Å². The second kappa shape index (κ2) is 6.57. The first-order valence-electron chi connectivity index (χ1n) is 7.26. The van der Waals surface area contributed by atoms with Crippen molar-refractivity contribution in [2.45, 2.75) is 37.6 Å². The second-order valence-corrected chi connectivity index (χ2v) is 7.18. The molecule has 0 saturated carbocycles. The zero-order valence-corrected chi connectivity index (χ0v) is 14.0. The lowest BCUT2D eigenvalue weighted by Crippen LogP contribution is -2.44. The van der Waals surface area contributed by atoms with Gasteiger partial charge in [0.15, 0.2) is 6.04 Å². The van der Waals surface area contributed by atoms with Crippen LogP contribution in [0.2, 0.25) is 0 Å². The van der Waals surface area contributed by atoms with Crippen LogP contribution in [0.3, 0.4) is 0 Å². The van der Waals surface area contributed by atoms with Gasteiger partial charge < -0.3 is 9.47 Å². The molecule has 1 fully saturated rings. The molecule has 0 spiro atoms. The highest BCUT2D eigenvalue weighted by Gasteiger charge is 2.47. The van der Waals surface area contributed by atoms with Gasteiger partial charge in [-0.2, -0.15) is 4.31 Å². The van der Waals surface area contributed by atoms with Gasteiger partial charge in [-0.25, -0.2) is 18.0 Å². The minimum atomic E-state index is -4.18. The number of nitrogens with zero attached hydrogens (tertiary/aromatic N) is 1. The van der Waals surface area contributed by atoms with E-state index in [2.05, 4.69) is 0 Å². The average molecular weight is 341 g/mol. The first kappa shape index (κ1) is 17.3. The molecule has 2 rings (SSSR count). The molecule has 23 heavy (non-hydrogen) atoms. The number of rotatable bonds is 5. The van der Waals surface area contributed by atoms with Gasteiger partial charge in [-0.15, -0.1) is 0 Å². The molecule has 0 unspecified atom stereocenters. The van der Waals surface area contributed by atoms with Crippen LogP contribution in [0.4, 0.5) is 4.79 Å². The Bertz CT molecular complexity index is 695. The van der Waals surface area contributed by atoms with E-state index in [0.717, 1.165) is 5.56 Å².